The van der Waals surface area contributed by atoms with Crippen LogP contribution in [0.2, 0.25) is 0 Å². The molecule has 0 aromatic carbocycles. The Kier molecular flexibility index (Phi) is 6.08. The molecule has 1 fully saturated rings. The molecule has 1 atom stereocenters. The van der Waals surface area contributed by atoms with Crippen molar-refractivity contribution in [3.63, 3.8) is 0 Å². The molecular weight excluding hydrogens is 288 g/mol. The Morgan fingerprint density at radius 2 is 1.96 bits per heavy atom. The lowest BCUT2D eigenvalue weighted by atomic mass is 9.99. The summed E-state index contributed by atoms with van der Waals surface area (Å²) in [5.74, 6) is 1.46. The van der Waals surface area contributed by atoms with Gasteiger partial charge in [0.05, 0.1) is 5.69 Å². The predicted molar refractivity (Wildman–Crippen MR) is 92.3 cm³/mol. The third-order valence-electron chi connectivity index (χ3n) is 5.41. The third-order valence-corrected chi connectivity index (χ3v) is 5.41. The summed E-state index contributed by atoms with van der Waals surface area (Å²) >= 11 is 0. The maximum Gasteiger partial charge on any atom is 0.0524 e. The highest BCUT2D eigenvalue weighted by molar-refractivity contribution is 5.02. The summed E-state index contributed by atoms with van der Waals surface area (Å²) in [6, 6.07) is 2.19. The van der Waals surface area contributed by atoms with Gasteiger partial charge in [-0.2, -0.15) is 5.10 Å². The molecule has 1 aromatic rings. The van der Waals surface area contributed by atoms with Gasteiger partial charge in [-0.1, -0.05) is 13.8 Å². The fourth-order valence-corrected chi connectivity index (χ4v) is 4.02. The Hall–Kier alpha value is -0.910. The second-order valence-electron chi connectivity index (χ2n) is 7.11. The molecule has 0 saturated carbocycles. The minimum atomic E-state index is 0.663. The summed E-state index contributed by atoms with van der Waals surface area (Å²) in [6.07, 6.45) is 4.40. The lowest BCUT2D eigenvalue weighted by Gasteiger charge is -2.31. The largest absolute Gasteiger partial charge is 0.381 e. The number of fused-ring (bicyclic) bond motifs is 1. The smallest absolute Gasteiger partial charge is 0.0524 e. The first-order valence-corrected chi connectivity index (χ1v) is 9.31. The molecule has 3 rings (SSSR count). The molecule has 23 heavy (non-hydrogen) atoms. The number of aromatic nitrogens is 2. The molecule has 0 aliphatic carbocycles. The maximum atomic E-state index is 5.52. The Labute approximate surface area is 140 Å². The van der Waals surface area contributed by atoms with Gasteiger partial charge in [-0.05, 0) is 37.9 Å². The van der Waals surface area contributed by atoms with Gasteiger partial charge in [-0.15, -0.1) is 0 Å². The molecule has 5 nitrogen and oxygen atoms in total. The number of ether oxygens (including phenoxy) is 1. The van der Waals surface area contributed by atoms with Crippen molar-refractivity contribution in [2.75, 3.05) is 45.9 Å². The predicted octanol–water partition coefficient (Wildman–Crippen LogP) is 2.08. The lowest BCUT2D eigenvalue weighted by Crippen LogP contribution is -2.39. The molecule has 0 N–H and O–H groups in total. The highest BCUT2D eigenvalue weighted by Gasteiger charge is 2.26. The van der Waals surface area contributed by atoms with Gasteiger partial charge in [0.2, 0.25) is 0 Å². The summed E-state index contributed by atoms with van der Waals surface area (Å²) in [5.41, 5.74) is 1.37. The minimum Gasteiger partial charge on any atom is -0.381 e. The van der Waals surface area contributed by atoms with Crippen molar-refractivity contribution in [1.82, 2.24) is 19.6 Å². The fraction of sp³-hybridized carbons (Fsp3) is 0.833. The van der Waals surface area contributed by atoms with Crippen molar-refractivity contribution >= 4 is 0 Å². The lowest BCUT2D eigenvalue weighted by molar-refractivity contribution is 0.0484. The van der Waals surface area contributed by atoms with E-state index in [2.05, 4.69) is 39.5 Å². The summed E-state index contributed by atoms with van der Waals surface area (Å²) < 4.78 is 7.76. The zero-order valence-corrected chi connectivity index (χ0v) is 14.8. The number of nitrogens with zero attached hydrogens (tertiary/aromatic N) is 4. The van der Waals surface area contributed by atoms with Crippen LogP contribution >= 0.6 is 0 Å². The van der Waals surface area contributed by atoms with Crippen molar-refractivity contribution in [3.05, 3.63) is 18.0 Å². The highest BCUT2D eigenvalue weighted by atomic mass is 16.5. The molecule has 1 saturated heterocycles. The quantitative estimate of drug-likeness (QED) is 0.804. The van der Waals surface area contributed by atoms with Crippen molar-refractivity contribution in [1.29, 1.82) is 0 Å². The van der Waals surface area contributed by atoms with E-state index in [1.165, 1.54) is 38.2 Å². The van der Waals surface area contributed by atoms with E-state index in [9.17, 15) is 0 Å². The fourth-order valence-electron chi connectivity index (χ4n) is 4.02. The zero-order chi connectivity index (χ0) is 16.1. The van der Waals surface area contributed by atoms with Crippen LogP contribution in [-0.2, 0) is 17.8 Å². The van der Waals surface area contributed by atoms with E-state index >= 15 is 0 Å². The van der Waals surface area contributed by atoms with Crippen LogP contribution in [0.1, 0.15) is 32.4 Å². The maximum absolute atomic E-state index is 5.52. The first-order chi connectivity index (χ1) is 11.3. The Bertz CT molecular complexity index is 465. The summed E-state index contributed by atoms with van der Waals surface area (Å²) in [7, 11) is 0. The van der Waals surface area contributed by atoms with Gasteiger partial charge in [0.1, 0.15) is 0 Å². The normalized spacial score (nSPS) is 23.9. The Balaban J connectivity index is 1.66. The zero-order valence-electron chi connectivity index (χ0n) is 14.8. The van der Waals surface area contributed by atoms with E-state index in [-0.39, 0.29) is 0 Å². The molecule has 0 spiro atoms. The van der Waals surface area contributed by atoms with Gasteiger partial charge in [0.15, 0.2) is 0 Å². The van der Waals surface area contributed by atoms with Crippen molar-refractivity contribution < 1.29 is 4.74 Å². The van der Waals surface area contributed by atoms with Crippen LogP contribution in [0.3, 0.4) is 0 Å². The van der Waals surface area contributed by atoms with Crippen LogP contribution in [0, 0.1) is 11.8 Å². The molecule has 0 unspecified atom stereocenters. The number of rotatable bonds is 6. The van der Waals surface area contributed by atoms with E-state index in [1.807, 2.05) is 6.20 Å². The average molecular weight is 320 g/mol. The van der Waals surface area contributed by atoms with E-state index in [0.29, 0.717) is 5.92 Å². The second kappa shape index (κ2) is 8.27. The molecule has 130 valence electrons. The van der Waals surface area contributed by atoms with Crippen LogP contribution in [0.15, 0.2) is 12.3 Å². The topological polar surface area (TPSA) is 33.5 Å². The molecule has 2 aliphatic rings. The van der Waals surface area contributed by atoms with Gasteiger partial charge in [-0.25, -0.2) is 0 Å². The third kappa shape index (κ3) is 4.55. The molecule has 0 amide bonds. The average Bonchev–Trinajstić information content (AvgIpc) is 2.93. The first-order valence-electron chi connectivity index (χ1n) is 9.31. The molecule has 0 radical (unpaired) electrons. The van der Waals surface area contributed by atoms with Crippen LogP contribution < -0.4 is 0 Å². The number of hydrogen-bond acceptors (Lipinski definition) is 4. The summed E-state index contributed by atoms with van der Waals surface area (Å²) in [5, 5.41) is 4.56. The van der Waals surface area contributed by atoms with Gasteiger partial charge in [-0.3, -0.25) is 9.58 Å². The summed E-state index contributed by atoms with van der Waals surface area (Å²) in [4.78, 5) is 5.22. The van der Waals surface area contributed by atoms with Gasteiger partial charge < -0.3 is 9.64 Å². The van der Waals surface area contributed by atoms with Gasteiger partial charge in [0.25, 0.3) is 0 Å². The van der Waals surface area contributed by atoms with E-state index in [4.69, 9.17) is 4.74 Å². The molecule has 1 aromatic heterocycles. The van der Waals surface area contributed by atoms with Gasteiger partial charge in [0, 0.05) is 58.1 Å². The van der Waals surface area contributed by atoms with Crippen LogP contribution in [0.5, 0.6) is 0 Å². The molecule has 3 heterocycles. The second-order valence-corrected chi connectivity index (χ2v) is 7.11. The van der Waals surface area contributed by atoms with E-state index in [0.717, 1.165) is 45.3 Å². The molecular formula is C18H32N4O. The van der Waals surface area contributed by atoms with Crippen molar-refractivity contribution in [3.8, 4) is 0 Å². The van der Waals surface area contributed by atoms with Gasteiger partial charge >= 0.3 is 0 Å². The van der Waals surface area contributed by atoms with Crippen LogP contribution in [0.4, 0.5) is 0 Å². The number of hydrogen-bond donors (Lipinski definition) is 0. The summed E-state index contributed by atoms with van der Waals surface area (Å²) in [6.45, 7) is 14.4. The SMILES string of the molecule is CCN(CC)C[C@@H]1CN(CC2CCOCC2)Cc2ccnn2C1. The van der Waals surface area contributed by atoms with Crippen molar-refractivity contribution in [2.45, 2.75) is 39.8 Å². The van der Waals surface area contributed by atoms with Crippen LogP contribution in [0.25, 0.3) is 0 Å². The monoisotopic (exact) mass is 320 g/mol. The van der Waals surface area contributed by atoms with Crippen LogP contribution in [-0.4, -0.2) is 65.5 Å². The van der Waals surface area contributed by atoms with E-state index in [1.54, 1.807) is 0 Å². The first kappa shape index (κ1) is 16.9. The van der Waals surface area contributed by atoms with Crippen molar-refractivity contribution in [2.24, 2.45) is 11.8 Å². The Morgan fingerprint density at radius 3 is 2.70 bits per heavy atom. The van der Waals surface area contributed by atoms with E-state index < -0.39 is 0 Å². The standard InChI is InChI=1S/C18H32N4O/c1-3-20(4-2)12-17-13-21(11-16-6-9-23-10-7-16)15-18-5-8-19-22(18)14-17/h5,8,16-17H,3-4,6-7,9-15H2,1-2H3/t17-/m1/s1. The Morgan fingerprint density at radius 1 is 1.17 bits per heavy atom. The molecule has 2 aliphatic heterocycles. The minimum absolute atomic E-state index is 0.663. The molecule has 0 bridgehead atoms. The molecule has 5 heteroatoms. The highest BCUT2D eigenvalue weighted by Crippen LogP contribution is 2.21.